The lowest BCUT2D eigenvalue weighted by Gasteiger charge is -2.05. The van der Waals surface area contributed by atoms with Gasteiger partial charge in [-0.2, -0.15) is 5.10 Å². The van der Waals surface area contributed by atoms with Crippen LogP contribution in [0.5, 0.6) is 0 Å². The van der Waals surface area contributed by atoms with Gasteiger partial charge in [0.1, 0.15) is 11.6 Å². The molecule has 0 atom stereocenters. The summed E-state index contributed by atoms with van der Waals surface area (Å²) in [6, 6.07) is 9.99. The van der Waals surface area contributed by atoms with E-state index in [2.05, 4.69) is 15.4 Å². The predicted molar refractivity (Wildman–Crippen MR) is 94.5 cm³/mol. The fraction of sp³-hybridized carbons (Fsp3) is 0.211. The number of hydrogen-bond acceptors (Lipinski definition) is 3. The first-order chi connectivity index (χ1) is 12.1. The van der Waals surface area contributed by atoms with Gasteiger partial charge in [-0.3, -0.25) is 9.48 Å². The van der Waals surface area contributed by atoms with Crippen molar-refractivity contribution in [2.24, 2.45) is 0 Å². The molecule has 1 N–H and O–H groups in total. The van der Waals surface area contributed by atoms with Crippen molar-refractivity contribution in [3.05, 3.63) is 66.4 Å². The zero-order valence-corrected chi connectivity index (χ0v) is 13.9. The number of rotatable bonds is 6. The number of anilines is 1. The lowest BCUT2D eigenvalue weighted by Crippen LogP contribution is -2.13. The zero-order valence-electron chi connectivity index (χ0n) is 13.9. The monoisotopic (exact) mass is 338 g/mol. The molecule has 0 saturated carbocycles. The van der Waals surface area contributed by atoms with Gasteiger partial charge in [-0.1, -0.05) is 18.2 Å². The topological polar surface area (TPSA) is 59.8 Å². The van der Waals surface area contributed by atoms with Gasteiger partial charge in [-0.05, 0) is 42.7 Å². The summed E-state index contributed by atoms with van der Waals surface area (Å²) in [4.78, 5) is 16.1. The third-order valence-corrected chi connectivity index (χ3v) is 3.78. The Morgan fingerprint density at radius 2 is 1.92 bits per heavy atom. The van der Waals surface area contributed by atoms with Crippen molar-refractivity contribution in [2.75, 3.05) is 5.32 Å². The molecule has 0 bridgehead atoms. The fourth-order valence-electron chi connectivity index (χ4n) is 2.43. The number of nitrogens with zero attached hydrogens (tertiary/aromatic N) is 3. The van der Waals surface area contributed by atoms with Gasteiger partial charge in [-0.15, -0.1) is 0 Å². The highest BCUT2D eigenvalue weighted by Gasteiger charge is 2.05. The summed E-state index contributed by atoms with van der Waals surface area (Å²) in [6.45, 7) is 2.58. The maximum Gasteiger partial charge on any atom is 0.225 e. The van der Waals surface area contributed by atoms with Gasteiger partial charge in [0.25, 0.3) is 0 Å². The van der Waals surface area contributed by atoms with Crippen molar-refractivity contribution in [3.63, 3.8) is 0 Å². The van der Waals surface area contributed by atoms with E-state index in [1.54, 1.807) is 35.3 Å². The van der Waals surface area contributed by atoms with E-state index < -0.39 is 0 Å². The minimum Gasteiger partial charge on any atom is -0.311 e. The molecule has 0 fully saturated rings. The summed E-state index contributed by atoms with van der Waals surface area (Å²) in [5.41, 5.74) is 2.89. The second-order valence-corrected chi connectivity index (χ2v) is 5.87. The number of amides is 1. The maximum absolute atomic E-state index is 13.0. The number of halogens is 1. The number of pyridine rings is 1. The highest BCUT2D eigenvalue weighted by molar-refractivity contribution is 5.89. The van der Waals surface area contributed by atoms with Crippen molar-refractivity contribution in [1.82, 2.24) is 14.8 Å². The van der Waals surface area contributed by atoms with Gasteiger partial charge in [0.2, 0.25) is 5.91 Å². The van der Waals surface area contributed by atoms with Crippen LogP contribution in [0, 0.1) is 12.7 Å². The van der Waals surface area contributed by atoms with Gasteiger partial charge in [0, 0.05) is 30.9 Å². The van der Waals surface area contributed by atoms with Crippen molar-refractivity contribution in [1.29, 1.82) is 0 Å². The Kier molecular flexibility index (Phi) is 5.18. The highest BCUT2D eigenvalue weighted by Crippen LogP contribution is 2.18. The molecule has 3 rings (SSSR count). The van der Waals surface area contributed by atoms with Crippen LogP contribution in [-0.4, -0.2) is 20.7 Å². The molecule has 0 aliphatic heterocycles. The van der Waals surface area contributed by atoms with Gasteiger partial charge in [0.15, 0.2) is 0 Å². The van der Waals surface area contributed by atoms with Crippen molar-refractivity contribution in [3.8, 4) is 11.1 Å². The second-order valence-electron chi connectivity index (χ2n) is 5.87. The average Bonchev–Trinajstić information content (AvgIpc) is 3.06. The third kappa shape index (κ3) is 4.73. The Hall–Kier alpha value is -3.02. The standard InChI is InChI=1S/C19H19FN4O/c1-14-4-9-18(21-11-14)23-19(25)3-2-10-24-13-16(12-22-24)15-5-7-17(20)8-6-15/h4-9,11-13H,2-3,10H2,1H3,(H,21,23,25). The minimum atomic E-state index is -0.259. The van der Waals surface area contributed by atoms with Crippen LogP contribution in [0.25, 0.3) is 11.1 Å². The van der Waals surface area contributed by atoms with Crippen LogP contribution in [0.2, 0.25) is 0 Å². The van der Waals surface area contributed by atoms with Crippen LogP contribution >= 0.6 is 0 Å². The van der Waals surface area contributed by atoms with E-state index in [-0.39, 0.29) is 11.7 Å². The fourth-order valence-corrected chi connectivity index (χ4v) is 2.43. The summed E-state index contributed by atoms with van der Waals surface area (Å²) < 4.78 is 14.8. The van der Waals surface area contributed by atoms with Gasteiger partial charge >= 0.3 is 0 Å². The lowest BCUT2D eigenvalue weighted by molar-refractivity contribution is -0.116. The van der Waals surface area contributed by atoms with Gasteiger partial charge in [0.05, 0.1) is 6.20 Å². The molecule has 6 heteroatoms. The number of nitrogens with one attached hydrogen (secondary N) is 1. The Balaban J connectivity index is 1.48. The third-order valence-electron chi connectivity index (χ3n) is 3.78. The molecular formula is C19H19FN4O. The molecule has 0 saturated heterocycles. The lowest BCUT2D eigenvalue weighted by atomic mass is 10.1. The molecule has 2 aromatic heterocycles. The Morgan fingerprint density at radius 3 is 2.64 bits per heavy atom. The molecule has 1 amide bonds. The molecule has 0 unspecified atom stereocenters. The smallest absolute Gasteiger partial charge is 0.225 e. The predicted octanol–water partition coefficient (Wildman–Crippen LogP) is 3.81. The molecule has 0 aliphatic rings. The van der Waals surface area contributed by atoms with E-state index in [0.717, 1.165) is 16.7 Å². The molecule has 1 aromatic carbocycles. The van der Waals surface area contributed by atoms with Crippen molar-refractivity contribution in [2.45, 2.75) is 26.3 Å². The summed E-state index contributed by atoms with van der Waals surface area (Å²) >= 11 is 0. The van der Waals surface area contributed by atoms with E-state index in [4.69, 9.17) is 0 Å². The quantitative estimate of drug-likeness (QED) is 0.743. The highest BCUT2D eigenvalue weighted by atomic mass is 19.1. The molecule has 0 spiro atoms. The van der Waals surface area contributed by atoms with E-state index in [9.17, 15) is 9.18 Å². The van der Waals surface area contributed by atoms with E-state index in [1.807, 2.05) is 19.2 Å². The second kappa shape index (κ2) is 7.70. The summed E-state index contributed by atoms with van der Waals surface area (Å²) in [6.07, 6.45) is 6.41. The van der Waals surface area contributed by atoms with Crippen LogP contribution in [0.15, 0.2) is 55.0 Å². The minimum absolute atomic E-state index is 0.0673. The Labute approximate surface area is 145 Å². The average molecular weight is 338 g/mol. The number of carbonyl (C=O) groups is 1. The van der Waals surface area contributed by atoms with E-state index in [1.165, 1.54) is 12.1 Å². The Morgan fingerprint density at radius 1 is 1.12 bits per heavy atom. The first-order valence-corrected chi connectivity index (χ1v) is 8.11. The number of benzene rings is 1. The zero-order chi connectivity index (χ0) is 17.6. The molecule has 2 heterocycles. The molecule has 25 heavy (non-hydrogen) atoms. The SMILES string of the molecule is Cc1ccc(NC(=O)CCCn2cc(-c3ccc(F)cc3)cn2)nc1. The van der Waals surface area contributed by atoms with Gasteiger partial charge < -0.3 is 5.32 Å². The van der Waals surface area contributed by atoms with E-state index in [0.29, 0.717) is 25.2 Å². The van der Waals surface area contributed by atoms with Crippen LogP contribution in [0.4, 0.5) is 10.2 Å². The number of hydrogen-bond donors (Lipinski definition) is 1. The van der Waals surface area contributed by atoms with Crippen LogP contribution in [-0.2, 0) is 11.3 Å². The van der Waals surface area contributed by atoms with Crippen LogP contribution < -0.4 is 5.32 Å². The number of aromatic nitrogens is 3. The molecule has 5 nitrogen and oxygen atoms in total. The molecule has 128 valence electrons. The molecular weight excluding hydrogens is 319 g/mol. The number of aryl methyl sites for hydroxylation is 2. The maximum atomic E-state index is 13.0. The number of carbonyl (C=O) groups excluding carboxylic acids is 1. The summed E-state index contributed by atoms with van der Waals surface area (Å²) in [5.74, 6) is 0.237. The molecule has 0 aliphatic carbocycles. The Bertz CT molecular complexity index is 841. The van der Waals surface area contributed by atoms with E-state index >= 15 is 0 Å². The molecule has 0 radical (unpaired) electrons. The molecule has 3 aromatic rings. The van der Waals surface area contributed by atoms with Crippen molar-refractivity contribution < 1.29 is 9.18 Å². The largest absolute Gasteiger partial charge is 0.311 e. The first kappa shape index (κ1) is 16.8. The van der Waals surface area contributed by atoms with Crippen LogP contribution in [0.3, 0.4) is 0 Å². The van der Waals surface area contributed by atoms with Crippen LogP contribution in [0.1, 0.15) is 18.4 Å². The van der Waals surface area contributed by atoms with Crippen molar-refractivity contribution >= 4 is 11.7 Å². The normalized spacial score (nSPS) is 10.6. The summed E-state index contributed by atoms with van der Waals surface area (Å²) in [7, 11) is 0. The first-order valence-electron chi connectivity index (χ1n) is 8.11. The van der Waals surface area contributed by atoms with Gasteiger partial charge in [-0.25, -0.2) is 9.37 Å². The summed E-state index contributed by atoms with van der Waals surface area (Å²) in [5, 5.41) is 7.06.